The van der Waals surface area contributed by atoms with Crippen LogP contribution in [0.15, 0.2) is 54.0 Å². The molecule has 0 bridgehead atoms. The standard InChI is InChI=1S/C21H20N4O2S/c1-2-25-17-6-4-3-5-15(17)16-13-14(7-8-18(16)25)23-19(26)9-10-20(27)24-21-22-11-12-28-21/h3-8,11-13H,2,9-10H2,1H3,(H,23,26)(H,22,24,27). The zero-order valence-electron chi connectivity index (χ0n) is 15.4. The predicted octanol–water partition coefficient (Wildman–Crippen LogP) is 4.63. The van der Waals surface area contributed by atoms with Gasteiger partial charge in [-0.1, -0.05) is 18.2 Å². The van der Waals surface area contributed by atoms with Crippen LogP contribution in [0.3, 0.4) is 0 Å². The number of hydrogen-bond donors (Lipinski definition) is 2. The Bertz CT molecular complexity index is 1150. The van der Waals surface area contributed by atoms with E-state index in [0.717, 1.165) is 23.1 Å². The first-order valence-corrected chi connectivity index (χ1v) is 10.0. The molecule has 0 saturated carbocycles. The van der Waals surface area contributed by atoms with Crippen molar-refractivity contribution in [1.82, 2.24) is 9.55 Å². The molecule has 0 aliphatic rings. The second-order valence-electron chi connectivity index (χ2n) is 6.43. The van der Waals surface area contributed by atoms with E-state index in [1.54, 1.807) is 11.6 Å². The van der Waals surface area contributed by atoms with E-state index < -0.39 is 0 Å². The number of nitrogens with one attached hydrogen (secondary N) is 2. The number of amides is 2. The van der Waals surface area contributed by atoms with Gasteiger partial charge in [-0.25, -0.2) is 4.98 Å². The van der Waals surface area contributed by atoms with Gasteiger partial charge in [-0.05, 0) is 31.2 Å². The number of fused-ring (bicyclic) bond motifs is 3. The second-order valence-corrected chi connectivity index (χ2v) is 7.32. The molecule has 0 aliphatic carbocycles. The molecule has 0 fully saturated rings. The van der Waals surface area contributed by atoms with Gasteiger partial charge in [-0.3, -0.25) is 9.59 Å². The van der Waals surface area contributed by atoms with E-state index >= 15 is 0 Å². The largest absolute Gasteiger partial charge is 0.341 e. The minimum Gasteiger partial charge on any atom is -0.341 e. The van der Waals surface area contributed by atoms with E-state index in [0.29, 0.717) is 5.13 Å². The van der Waals surface area contributed by atoms with Gasteiger partial charge in [-0.2, -0.15) is 0 Å². The number of para-hydroxylation sites is 1. The number of carbonyl (C=O) groups is 2. The monoisotopic (exact) mass is 392 g/mol. The number of carbonyl (C=O) groups excluding carboxylic acids is 2. The number of aryl methyl sites for hydroxylation is 1. The van der Waals surface area contributed by atoms with Crippen molar-refractivity contribution in [1.29, 1.82) is 0 Å². The average molecular weight is 392 g/mol. The fourth-order valence-corrected chi connectivity index (χ4v) is 3.93. The fraction of sp³-hybridized carbons (Fsp3) is 0.190. The van der Waals surface area contributed by atoms with Crippen molar-refractivity contribution in [3.05, 3.63) is 54.0 Å². The quantitative estimate of drug-likeness (QED) is 0.502. The van der Waals surface area contributed by atoms with Gasteiger partial charge in [0.25, 0.3) is 0 Å². The summed E-state index contributed by atoms with van der Waals surface area (Å²) in [5.41, 5.74) is 3.06. The van der Waals surface area contributed by atoms with Crippen LogP contribution in [-0.2, 0) is 16.1 Å². The molecule has 0 aliphatic heterocycles. The van der Waals surface area contributed by atoms with Crippen molar-refractivity contribution in [3.8, 4) is 0 Å². The Morgan fingerprint density at radius 1 is 1.00 bits per heavy atom. The molecule has 0 spiro atoms. The van der Waals surface area contributed by atoms with E-state index in [4.69, 9.17) is 0 Å². The number of benzene rings is 2. The highest BCUT2D eigenvalue weighted by molar-refractivity contribution is 7.13. The highest BCUT2D eigenvalue weighted by atomic mass is 32.1. The topological polar surface area (TPSA) is 76.0 Å². The van der Waals surface area contributed by atoms with Gasteiger partial charge in [-0.15, -0.1) is 11.3 Å². The summed E-state index contributed by atoms with van der Waals surface area (Å²) in [6.45, 7) is 3.00. The van der Waals surface area contributed by atoms with Gasteiger partial charge in [0.05, 0.1) is 0 Å². The smallest absolute Gasteiger partial charge is 0.226 e. The second kappa shape index (κ2) is 7.82. The Balaban J connectivity index is 1.46. The van der Waals surface area contributed by atoms with E-state index in [-0.39, 0.29) is 24.7 Å². The Morgan fingerprint density at radius 3 is 2.50 bits per heavy atom. The van der Waals surface area contributed by atoms with Crippen LogP contribution in [0.1, 0.15) is 19.8 Å². The van der Waals surface area contributed by atoms with E-state index in [9.17, 15) is 9.59 Å². The Hall–Kier alpha value is -3.19. The molecule has 6 nitrogen and oxygen atoms in total. The van der Waals surface area contributed by atoms with Gasteiger partial charge < -0.3 is 15.2 Å². The lowest BCUT2D eigenvalue weighted by atomic mass is 10.1. The summed E-state index contributed by atoms with van der Waals surface area (Å²) >= 11 is 1.35. The van der Waals surface area contributed by atoms with Crippen molar-refractivity contribution in [2.75, 3.05) is 10.6 Å². The molecule has 2 aromatic carbocycles. The number of thiazole rings is 1. The molecule has 2 heterocycles. The maximum atomic E-state index is 12.3. The van der Waals surface area contributed by atoms with Gasteiger partial charge in [0.2, 0.25) is 11.8 Å². The Labute approximate surface area is 166 Å². The molecular formula is C21H20N4O2S. The highest BCUT2D eigenvalue weighted by Crippen LogP contribution is 2.31. The van der Waals surface area contributed by atoms with Crippen LogP contribution in [0, 0.1) is 0 Å². The molecular weight excluding hydrogens is 372 g/mol. The van der Waals surface area contributed by atoms with E-state index in [1.165, 1.54) is 22.2 Å². The molecule has 0 atom stereocenters. The first-order chi connectivity index (χ1) is 13.7. The third kappa shape index (κ3) is 3.61. The summed E-state index contributed by atoms with van der Waals surface area (Å²) in [5, 5.41) is 10.2. The molecule has 0 unspecified atom stereocenters. The van der Waals surface area contributed by atoms with Crippen molar-refractivity contribution < 1.29 is 9.59 Å². The Morgan fingerprint density at radius 2 is 1.75 bits per heavy atom. The number of hydrogen-bond acceptors (Lipinski definition) is 4. The predicted molar refractivity (Wildman–Crippen MR) is 114 cm³/mol. The minimum atomic E-state index is -0.216. The summed E-state index contributed by atoms with van der Waals surface area (Å²) in [5.74, 6) is -0.403. The SMILES string of the molecule is CCn1c2ccccc2c2cc(NC(=O)CCC(=O)Nc3nccs3)ccc21. The third-order valence-electron chi connectivity index (χ3n) is 4.63. The summed E-state index contributed by atoms with van der Waals surface area (Å²) in [7, 11) is 0. The number of aromatic nitrogens is 2. The zero-order chi connectivity index (χ0) is 19.5. The first kappa shape index (κ1) is 18.2. The first-order valence-electron chi connectivity index (χ1n) is 9.16. The van der Waals surface area contributed by atoms with Crippen molar-refractivity contribution in [2.45, 2.75) is 26.3 Å². The summed E-state index contributed by atoms with van der Waals surface area (Å²) in [6.07, 6.45) is 1.85. The third-order valence-corrected chi connectivity index (χ3v) is 5.32. The van der Waals surface area contributed by atoms with Gasteiger partial charge >= 0.3 is 0 Å². The maximum absolute atomic E-state index is 12.3. The lowest BCUT2D eigenvalue weighted by Crippen LogP contribution is -2.17. The van der Waals surface area contributed by atoms with Gasteiger partial charge in [0.1, 0.15) is 0 Å². The average Bonchev–Trinajstić information content (AvgIpc) is 3.32. The molecule has 4 rings (SSSR count). The zero-order valence-corrected chi connectivity index (χ0v) is 16.3. The van der Waals surface area contributed by atoms with Crippen LogP contribution in [0.4, 0.5) is 10.8 Å². The lowest BCUT2D eigenvalue weighted by Gasteiger charge is -2.07. The molecule has 2 amide bonds. The summed E-state index contributed by atoms with van der Waals surface area (Å²) in [4.78, 5) is 28.2. The number of nitrogens with zero attached hydrogens (tertiary/aromatic N) is 2. The maximum Gasteiger partial charge on any atom is 0.226 e. The van der Waals surface area contributed by atoms with Crippen molar-refractivity contribution >= 4 is 55.8 Å². The molecule has 0 saturated heterocycles. The van der Waals surface area contributed by atoms with Crippen LogP contribution >= 0.6 is 11.3 Å². The highest BCUT2D eigenvalue weighted by Gasteiger charge is 2.12. The lowest BCUT2D eigenvalue weighted by molar-refractivity contribution is -0.121. The van der Waals surface area contributed by atoms with Crippen molar-refractivity contribution in [2.24, 2.45) is 0 Å². The van der Waals surface area contributed by atoms with E-state index in [2.05, 4.69) is 39.2 Å². The molecule has 2 N–H and O–H groups in total. The number of anilines is 2. The Kier molecular flexibility index (Phi) is 5.08. The van der Waals surface area contributed by atoms with Crippen LogP contribution in [0.5, 0.6) is 0 Å². The molecule has 2 aromatic heterocycles. The minimum absolute atomic E-state index is 0.114. The van der Waals surface area contributed by atoms with Gasteiger partial charge in [0, 0.05) is 58.5 Å². The molecule has 28 heavy (non-hydrogen) atoms. The van der Waals surface area contributed by atoms with Crippen LogP contribution in [0.25, 0.3) is 21.8 Å². The molecule has 7 heteroatoms. The van der Waals surface area contributed by atoms with Crippen molar-refractivity contribution in [3.63, 3.8) is 0 Å². The summed E-state index contributed by atoms with van der Waals surface area (Å²) in [6, 6.07) is 14.2. The van der Waals surface area contributed by atoms with Gasteiger partial charge in [0.15, 0.2) is 5.13 Å². The molecule has 4 aromatic rings. The van der Waals surface area contributed by atoms with E-state index in [1.807, 2.05) is 30.3 Å². The summed E-state index contributed by atoms with van der Waals surface area (Å²) < 4.78 is 2.26. The van der Waals surface area contributed by atoms with Crippen LogP contribution in [0.2, 0.25) is 0 Å². The van der Waals surface area contributed by atoms with Crippen LogP contribution < -0.4 is 10.6 Å². The normalized spacial score (nSPS) is 11.0. The molecule has 142 valence electrons. The fourth-order valence-electron chi connectivity index (χ4n) is 3.39. The molecule has 0 radical (unpaired) electrons. The van der Waals surface area contributed by atoms with Crippen LogP contribution in [-0.4, -0.2) is 21.4 Å². The number of rotatable bonds is 6.